The van der Waals surface area contributed by atoms with Crippen LogP contribution >= 0.6 is 11.3 Å². The molecule has 1 aliphatic rings. The van der Waals surface area contributed by atoms with Gasteiger partial charge in [0.1, 0.15) is 0 Å². The van der Waals surface area contributed by atoms with Crippen molar-refractivity contribution in [2.75, 3.05) is 19.8 Å². The Hall–Kier alpha value is -0.660. The highest BCUT2D eigenvalue weighted by Crippen LogP contribution is 2.38. The molecule has 0 spiro atoms. The molecule has 1 N–H and O–H groups in total. The molecular weight excluding hydrogens is 289 g/mol. The van der Waals surface area contributed by atoms with Crippen LogP contribution in [0.3, 0.4) is 0 Å². The Morgan fingerprint density at radius 2 is 2.20 bits per heavy atom. The molecular formula is C13H19F3N2OS. The van der Waals surface area contributed by atoms with E-state index in [2.05, 4.69) is 10.3 Å². The minimum atomic E-state index is -4.39. The molecule has 0 saturated carbocycles. The quantitative estimate of drug-likeness (QED) is 0.905. The predicted molar refractivity (Wildman–Crippen MR) is 71.8 cm³/mol. The molecule has 1 aromatic heterocycles. The number of halogens is 3. The van der Waals surface area contributed by atoms with Crippen LogP contribution in [0.1, 0.15) is 41.8 Å². The highest BCUT2D eigenvalue weighted by molar-refractivity contribution is 7.11. The van der Waals surface area contributed by atoms with Crippen LogP contribution in [0.4, 0.5) is 13.2 Å². The molecule has 1 unspecified atom stereocenters. The Morgan fingerprint density at radius 1 is 1.45 bits per heavy atom. The van der Waals surface area contributed by atoms with Gasteiger partial charge in [-0.15, -0.1) is 11.3 Å². The van der Waals surface area contributed by atoms with Crippen molar-refractivity contribution in [1.82, 2.24) is 10.3 Å². The third-order valence-electron chi connectivity index (χ3n) is 3.10. The molecule has 3 nitrogen and oxygen atoms in total. The molecule has 114 valence electrons. The number of aromatic nitrogens is 1. The van der Waals surface area contributed by atoms with Crippen LogP contribution in [-0.2, 0) is 17.5 Å². The lowest BCUT2D eigenvalue weighted by Gasteiger charge is -2.08. The van der Waals surface area contributed by atoms with Gasteiger partial charge in [0.2, 0.25) is 0 Å². The first-order valence-corrected chi connectivity index (χ1v) is 7.55. The molecule has 0 amide bonds. The van der Waals surface area contributed by atoms with E-state index in [1.54, 1.807) is 0 Å². The number of ether oxygens (including phenoxy) is 1. The first kappa shape index (κ1) is 15.7. The Bertz CT molecular complexity index is 439. The van der Waals surface area contributed by atoms with Crippen LogP contribution in [0.2, 0.25) is 0 Å². The van der Waals surface area contributed by atoms with Gasteiger partial charge in [-0.05, 0) is 18.9 Å². The lowest BCUT2D eigenvalue weighted by atomic mass is 10.1. The summed E-state index contributed by atoms with van der Waals surface area (Å²) < 4.78 is 44.3. The molecule has 1 atom stereocenters. The van der Waals surface area contributed by atoms with Crippen molar-refractivity contribution in [2.24, 2.45) is 5.92 Å². The first-order valence-electron chi connectivity index (χ1n) is 6.73. The zero-order valence-electron chi connectivity index (χ0n) is 11.6. The maximum atomic E-state index is 13.0. The summed E-state index contributed by atoms with van der Waals surface area (Å²) in [5.74, 6) is 0.417. The highest BCUT2D eigenvalue weighted by Gasteiger charge is 2.38. The van der Waals surface area contributed by atoms with Gasteiger partial charge >= 0.3 is 6.18 Å². The molecule has 1 aliphatic heterocycles. The second-order valence-electron chi connectivity index (χ2n) is 5.41. The molecule has 2 rings (SSSR count). The minimum absolute atomic E-state index is 0.0138. The van der Waals surface area contributed by atoms with Crippen molar-refractivity contribution < 1.29 is 17.9 Å². The van der Waals surface area contributed by atoms with Gasteiger partial charge in [0.05, 0.1) is 16.5 Å². The van der Waals surface area contributed by atoms with Crippen LogP contribution in [-0.4, -0.2) is 24.7 Å². The summed E-state index contributed by atoms with van der Waals surface area (Å²) in [7, 11) is 0. The zero-order chi connectivity index (χ0) is 14.8. The topological polar surface area (TPSA) is 34.1 Å². The maximum Gasteiger partial charge on any atom is 0.434 e. The minimum Gasteiger partial charge on any atom is -0.381 e. The van der Waals surface area contributed by atoms with Gasteiger partial charge in [0.25, 0.3) is 0 Å². The van der Waals surface area contributed by atoms with Gasteiger partial charge in [-0.3, -0.25) is 0 Å². The molecule has 0 aliphatic carbocycles. The number of rotatable bonds is 5. The Morgan fingerprint density at radius 3 is 2.75 bits per heavy atom. The van der Waals surface area contributed by atoms with Crippen molar-refractivity contribution in [3.05, 3.63) is 15.6 Å². The van der Waals surface area contributed by atoms with E-state index >= 15 is 0 Å². The molecule has 0 aromatic carbocycles. The average molecular weight is 308 g/mol. The normalized spacial score (nSPS) is 20.0. The summed E-state index contributed by atoms with van der Waals surface area (Å²) >= 11 is 1.16. The van der Waals surface area contributed by atoms with Crippen molar-refractivity contribution in [1.29, 1.82) is 0 Å². The fourth-order valence-corrected chi connectivity index (χ4v) is 3.26. The van der Waals surface area contributed by atoms with Crippen molar-refractivity contribution >= 4 is 11.3 Å². The van der Waals surface area contributed by atoms with E-state index in [0.717, 1.165) is 17.8 Å². The summed E-state index contributed by atoms with van der Waals surface area (Å²) in [5, 5.41) is 3.61. The second-order valence-corrected chi connectivity index (χ2v) is 6.52. The molecule has 0 radical (unpaired) electrons. The number of hydrogen-bond acceptors (Lipinski definition) is 4. The van der Waals surface area contributed by atoms with E-state index in [1.807, 2.05) is 13.8 Å². The molecule has 1 saturated heterocycles. The van der Waals surface area contributed by atoms with Gasteiger partial charge in [-0.2, -0.15) is 13.2 Å². The smallest absolute Gasteiger partial charge is 0.381 e. The van der Waals surface area contributed by atoms with Gasteiger partial charge in [-0.1, -0.05) is 13.8 Å². The summed E-state index contributed by atoms with van der Waals surface area (Å²) in [5.41, 5.74) is -0.736. The van der Waals surface area contributed by atoms with Crippen LogP contribution in [0.25, 0.3) is 0 Å². The average Bonchev–Trinajstić information content (AvgIpc) is 2.94. The van der Waals surface area contributed by atoms with E-state index in [0.29, 0.717) is 30.7 Å². The molecule has 20 heavy (non-hydrogen) atoms. The van der Waals surface area contributed by atoms with Gasteiger partial charge in [-0.25, -0.2) is 4.98 Å². The number of thiazole rings is 1. The maximum absolute atomic E-state index is 13.0. The number of hydrogen-bond donors (Lipinski definition) is 1. The van der Waals surface area contributed by atoms with Gasteiger partial charge in [0.15, 0.2) is 5.69 Å². The lowest BCUT2D eigenvalue weighted by Crippen LogP contribution is -2.20. The number of nitrogens with zero attached hydrogens (tertiary/aromatic N) is 1. The molecule has 0 bridgehead atoms. The van der Waals surface area contributed by atoms with Crippen molar-refractivity contribution in [3.8, 4) is 0 Å². The van der Waals surface area contributed by atoms with E-state index in [-0.39, 0.29) is 17.3 Å². The molecule has 7 heteroatoms. The second kappa shape index (κ2) is 6.41. The van der Waals surface area contributed by atoms with Crippen LogP contribution in [0.5, 0.6) is 0 Å². The number of nitrogens with one attached hydrogen (secondary N) is 1. The van der Waals surface area contributed by atoms with E-state index in [9.17, 15) is 13.2 Å². The van der Waals surface area contributed by atoms with Crippen molar-refractivity contribution in [3.63, 3.8) is 0 Å². The van der Waals surface area contributed by atoms with E-state index in [1.165, 1.54) is 0 Å². The Balaban J connectivity index is 2.14. The van der Waals surface area contributed by atoms with E-state index < -0.39 is 11.9 Å². The Kier molecular flexibility index (Phi) is 5.04. The van der Waals surface area contributed by atoms with Crippen molar-refractivity contribution in [2.45, 2.75) is 38.9 Å². The third kappa shape index (κ3) is 3.93. The summed E-state index contributed by atoms with van der Waals surface area (Å²) in [6.07, 6.45) is -3.63. The van der Waals surface area contributed by atoms with Crippen LogP contribution < -0.4 is 5.32 Å². The summed E-state index contributed by atoms with van der Waals surface area (Å²) in [6.45, 7) is 6.03. The first-order chi connectivity index (χ1) is 9.38. The monoisotopic (exact) mass is 308 g/mol. The SMILES string of the molecule is CC(C)CNCc1sc(C2CCOC2)nc1C(F)(F)F. The molecule has 1 fully saturated rings. The largest absolute Gasteiger partial charge is 0.434 e. The highest BCUT2D eigenvalue weighted by atomic mass is 32.1. The van der Waals surface area contributed by atoms with E-state index in [4.69, 9.17) is 4.74 Å². The van der Waals surface area contributed by atoms with Crippen LogP contribution in [0.15, 0.2) is 0 Å². The summed E-state index contributed by atoms with van der Waals surface area (Å²) in [6, 6.07) is 0. The van der Waals surface area contributed by atoms with Gasteiger partial charge < -0.3 is 10.1 Å². The lowest BCUT2D eigenvalue weighted by molar-refractivity contribution is -0.141. The fourth-order valence-electron chi connectivity index (χ4n) is 2.09. The molecule has 1 aromatic rings. The number of alkyl halides is 3. The summed E-state index contributed by atoms with van der Waals surface area (Å²) in [4.78, 5) is 4.11. The standard InChI is InChI=1S/C13H19F3N2OS/c1-8(2)5-17-6-10-11(13(14,15)16)18-12(20-10)9-3-4-19-7-9/h8-9,17H,3-7H2,1-2H3. The Labute approximate surface area is 120 Å². The van der Waals surface area contributed by atoms with Crippen LogP contribution in [0, 0.1) is 5.92 Å². The fraction of sp³-hybridized carbons (Fsp3) is 0.769. The zero-order valence-corrected chi connectivity index (χ0v) is 12.4. The van der Waals surface area contributed by atoms with Gasteiger partial charge in [0, 0.05) is 19.1 Å². The third-order valence-corrected chi connectivity index (χ3v) is 4.32. The predicted octanol–water partition coefficient (Wildman–Crippen LogP) is 3.41. The molecule has 2 heterocycles.